The summed E-state index contributed by atoms with van der Waals surface area (Å²) in [4.78, 5) is 28.7. The predicted molar refractivity (Wildman–Crippen MR) is 116 cm³/mol. The normalized spacial score (nSPS) is 15.4. The van der Waals surface area contributed by atoms with Crippen molar-refractivity contribution in [3.63, 3.8) is 0 Å². The molecule has 3 aromatic rings. The largest absolute Gasteiger partial charge is 0.341 e. The third-order valence-electron chi connectivity index (χ3n) is 5.34. The fourth-order valence-corrected chi connectivity index (χ4v) is 4.93. The molecule has 9 heteroatoms. The summed E-state index contributed by atoms with van der Waals surface area (Å²) in [6.45, 7) is 2.29. The molecule has 2 aliphatic heterocycles. The molecule has 0 atom stereocenters. The van der Waals surface area contributed by atoms with Crippen molar-refractivity contribution in [1.82, 2.24) is 14.7 Å². The summed E-state index contributed by atoms with van der Waals surface area (Å²) in [7, 11) is 1.84. The van der Waals surface area contributed by atoms with Crippen molar-refractivity contribution in [3.05, 3.63) is 56.2 Å². The smallest absolute Gasteiger partial charge is 0.257 e. The van der Waals surface area contributed by atoms with Crippen LogP contribution in [0.15, 0.2) is 39.5 Å². The lowest BCUT2D eigenvalue weighted by atomic mass is 9.98. The number of fused-ring (bicyclic) bond motifs is 2. The van der Waals surface area contributed by atoms with Gasteiger partial charge in [0, 0.05) is 42.8 Å². The molecule has 2 aromatic heterocycles. The average Bonchev–Trinajstić information content (AvgIpc) is 3.40. The van der Waals surface area contributed by atoms with Crippen molar-refractivity contribution in [3.8, 4) is 0 Å². The number of nitrogens with zero attached hydrogens (tertiary/aromatic N) is 4. The van der Waals surface area contributed by atoms with E-state index in [9.17, 15) is 9.59 Å². The van der Waals surface area contributed by atoms with Gasteiger partial charge in [-0.15, -0.1) is 11.3 Å². The van der Waals surface area contributed by atoms with Gasteiger partial charge in [-0.05, 0) is 52.2 Å². The van der Waals surface area contributed by atoms with Crippen LogP contribution < -0.4 is 10.2 Å². The first kappa shape index (κ1) is 18.4. The van der Waals surface area contributed by atoms with E-state index in [1.165, 1.54) is 11.3 Å². The number of hydrogen-bond acceptors (Lipinski definition) is 5. The minimum absolute atomic E-state index is 0.0781. The van der Waals surface area contributed by atoms with Crippen molar-refractivity contribution in [1.29, 1.82) is 0 Å². The zero-order valence-electron chi connectivity index (χ0n) is 15.7. The van der Waals surface area contributed by atoms with Crippen LogP contribution in [0.2, 0.25) is 0 Å². The van der Waals surface area contributed by atoms with Crippen LogP contribution in [0.25, 0.3) is 0 Å². The molecule has 4 heterocycles. The Bertz CT molecular complexity index is 1140. The molecule has 0 aliphatic carbocycles. The molecule has 0 spiro atoms. The van der Waals surface area contributed by atoms with Crippen LogP contribution in [0.3, 0.4) is 0 Å². The topological polar surface area (TPSA) is 70.5 Å². The summed E-state index contributed by atoms with van der Waals surface area (Å²) >= 11 is 4.85. The summed E-state index contributed by atoms with van der Waals surface area (Å²) in [5, 5.41) is 9.20. The van der Waals surface area contributed by atoms with Gasteiger partial charge in [0.1, 0.15) is 5.82 Å². The van der Waals surface area contributed by atoms with E-state index in [-0.39, 0.29) is 11.8 Å². The van der Waals surface area contributed by atoms with Crippen LogP contribution in [0.1, 0.15) is 26.3 Å². The average molecular weight is 472 g/mol. The number of thiophene rings is 1. The molecule has 0 saturated heterocycles. The minimum Gasteiger partial charge on any atom is -0.341 e. The van der Waals surface area contributed by atoms with E-state index in [0.717, 1.165) is 52.5 Å². The van der Waals surface area contributed by atoms with Crippen LogP contribution in [-0.4, -0.2) is 46.6 Å². The second kappa shape index (κ2) is 7.00. The Labute approximate surface area is 180 Å². The van der Waals surface area contributed by atoms with Crippen LogP contribution in [0, 0.1) is 0 Å². The molecule has 1 N–H and O–H groups in total. The first-order chi connectivity index (χ1) is 14.0. The Morgan fingerprint density at radius 3 is 2.86 bits per heavy atom. The van der Waals surface area contributed by atoms with E-state index in [2.05, 4.69) is 37.3 Å². The van der Waals surface area contributed by atoms with Gasteiger partial charge >= 0.3 is 0 Å². The van der Waals surface area contributed by atoms with Gasteiger partial charge in [0.2, 0.25) is 0 Å². The van der Waals surface area contributed by atoms with E-state index in [0.29, 0.717) is 11.4 Å². The van der Waals surface area contributed by atoms with Gasteiger partial charge in [-0.25, -0.2) is 4.68 Å². The quantitative estimate of drug-likeness (QED) is 0.631. The van der Waals surface area contributed by atoms with Crippen molar-refractivity contribution in [2.75, 3.05) is 30.4 Å². The maximum Gasteiger partial charge on any atom is 0.257 e. The third kappa shape index (κ3) is 3.24. The molecule has 1 aromatic carbocycles. The summed E-state index contributed by atoms with van der Waals surface area (Å²) in [5.41, 5.74) is 3.51. The fourth-order valence-electron chi connectivity index (χ4n) is 3.80. The molecule has 0 bridgehead atoms. The number of hydrogen-bond donors (Lipinski definition) is 1. The molecule has 0 fully saturated rings. The van der Waals surface area contributed by atoms with Gasteiger partial charge in [-0.1, -0.05) is 0 Å². The number of benzene rings is 1. The minimum atomic E-state index is -0.174. The number of amides is 2. The van der Waals surface area contributed by atoms with Crippen LogP contribution >= 0.6 is 27.3 Å². The fraction of sp³-hybridized carbons (Fsp3) is 0.250. The number of carbonyl (C=O) groups excluding carboxylic acids is 2. The monoisotopic (exact) mass is 471 g/mol. The van der Waals surface area contributed by atoms with Gasteiger partial charge in [0.25, 0.3) is 11.8 Å². The molecular weight excluding hydrogens is 454 g/mol. The standard InChI is InChI=1S/C20H18BrN5O2S/c1-24-5-4-12-8-14(2-3-15(12)20(24)28)25-6-7-26-18(25)10-17(23-26)22-19(27)13-9-16(21)29-11-13/h2-3,8-11H,4-7H2,1H3,(H,22,23,27). The number of carbonyl (C=O) groups is 2. The van der Waals surface area contributed by atoms with E-state index >= 15 is 0 Å². The van der Waals surface area contributed by atoms with Crippen molar-refractivity contribution < 1.29 is 9.59 Å². The van der Waals surface area contributed by atoms with Crippen LogP contribution in [0.4, 0.5) is 17.3 Å². The highest BCUT2D eigenvalue weighted by atomic mass is 79.9. The highest BCUT2D eigenvalue weighted by Gasteiger charge is 2.26. The first-order valence-corrected chi connectivity index (χ1v) is 11.0. The zero-order valence-corrected chi connectivity index (χ0v) is 18.1. The Morgan fingerprint density at radius 1 is 1.21 bits per heavy atom. The summed E-state index contributed by atoms with van der Waals surface area (Å²) in [6, 6.07) is 9.69. The lowest BCUT2D eigenvalue weighted by Crippen LogP contribution is -2.34. The molecule has 148 valence electrons. The maximum absolute atomic E-state index is 12.4. The Kier molecular flexibility index (Phi) is 4.44. The van der Waals surface area contributed by atoms with Crippen molar-refractivity contribution in [2.24, 2.45) is 0 Å². The number of likely N-dealkylation sites (N-methyl/N-ethyl adjacent to an activating group) is 1. The molecule has 0 saturated carbocycles. The van der Waals surface area contributed by atoms with E-state index in [1.54, 1.807) is 16.3 Å². The number of aromatic nitrogens is 2. The molecule has 2 amide bonds. The molecule has 7 nitrogen and oxygen atoms in total. The van der Waals surface area contributed by atoms with Gasteiger partial charge in [0.05, 0.1) is 15.9 Å². The third-order valence-corrected chi connectivity index (χ3v) is 6.84. The lowest BCUT2D eigenvalue weighted by molar-refractivity contribution is 0.0780. The summed E-state index contributed by atoms with van der Waals surface area (Å²) < 4.78 is 2.82. The second-order valence-electron chi connectivity index (χ2n) is 7.17. The number of anilines is 3. The first-order valence-electron chi connectivity index (χ1n) is 9.29. The Morgan fingerprint density at radius 2 is 2.07 bits per heavy atom. The van der Waals surface area contributed by atoms with Crippen LogP contribution in [0.5, 0.6) is 0 Å². The zero-order chi connectivity index (χ0) is 20.1. The van der Waals surface area contributed by atoms with Crippen molar-refractivity contribution in [2.45, 2.75) is 13.0 Å². The van der Waals surface area contributed by atoms with Gasteiger partial charge in [-0.3, -0.25) is 9.59 Å². The Balaban J connectivity index is 1.39. The van der Waals surface area contributed by atoms with Gasteiger partial charge in [-0.2, -0.15) is 5.10 Å². The predicted octanol–water partition coefficient (Wildman–Crippen LogP) is 3.74. The lowest BCUT2D eigenvalue weighted by Gasteiger charge is -2.26. The maximum atomic E-state index is 12.4. The number of halogens is 1. The molecule has 29 heavy (non-hydrogen) atoms. The molecular formula is C20H18BrN5O2S. The van der Waals surface area contributed by atoms with Gasteiger partial charge in [0.15, 0.2) is 5.82 Å². The SMILES string of the molecule is CN1CCc2cc(N3CCn4nc(NC(=O)c5csc(Br)c5)cc43)ccc2C1=O. The second-order valence-corrected chi connectivity index (χ2v) is 9.46. The van der Waals surface area contributed by atoms with Gasteiger partial charge < -0.3 is 15.1 Å². The summed E-state index contributed by atoms with van der Waals surface area (Å²) in [5.74, 6) is 1.37. The number of rotatable bonds is 3. The number of nitrogens with one attached hydrogen (secondary N) is 1. The highest BCUT2D eigenvalue weighted by molar-refractivity contribution is 9.11. The highest BCUT2D eigenvalue weighted by Crippen LogP contribution is 2.34. The molecule has 5 rings (SSSR count). The van der Waals surface area contributed by atoms with E-state index in [4.69, 9.17) is 0 Å². The van der Waals surface area contributed by atoms with E-state index in [1.807, 2.05) is 29.9 Å². The summed E-state index contributed by atoms with van der Waals surface area (Å²) in [6.07, 6.45) is 0.857. The molecule has 0 unspecified atom stereocenters. The Hall–Kier alpha value is -2.65. The van der Waals surface area contributed by atoms with Crippen LogP contribution in [-0.2, 0) is 13.0 Å². The van der Waals surface area contributed by atoms with Crippen molar-refractivity contribution >= 4 is 56.4 Å². The molecule has 2 aliphatic rings. The van der Waals surface area contributed by atoms with E-state index < -0.39 is 0 Å². The molecule has 0 radical (unpaired) electrons.